The number of rotatable bonds is 7. The van der Waals surface area contributed by atoms with Crippen molar-refractivity contribution in [3.63, 3.8) is 0 Å². The molecule has 0 fully saturated rings. The van der Waals surface area contributed by atoms with E-state index in [1.54, 1.807) is 6.07 Å². The zero-order valence-corrected chi connectivity index (χ0v) is 17.7. The number of carbonyl (C=O) groups is 2. The Morgan fingerprint density at radius 1 is 0.967 bits per heavy atom. The molecular weight excluding hydrogens is 378 g/mol. The fourth-order valence-electron chi connectivity index (χ4n) is 3.09. The summed E-state index contributed by atoms with van der Waals surface area (Å²) in [6.45, 7) is 7.82. The molecule has 2 aromatic carbocycles. The number of benzene rings is 2. The number of nitrogens with one attached hydrogen (secondary N) is 2. The van der Waals surface area contributed by atoms with E-state index in [0.29, 0.717) is 12.2 Å². The van der Waals surface area contributed by atoms with E-state index in [0.717, 1.165) is 16.7 Å². The molecule has 0 saturated heterocycles. The molecule has 3 rings (SSSR count). The van der Waals surface area contributed by atoms with Crippen LogP contribution in [0.15, 0.2) is 59.1 Å². The van der Waals surface area contributed by atoms with Crippen molar-refractivity contribution in [2.75, 3.05) is 0 Å². The summed E-state index contributed by atoms with van der Waals surface area (Å²) in [6.07, 6.45) is 0.382. The Hall–Kier alpha value is -3.41. The van der Waals surface area contributed by atoms with E-state index in [4.69, 9.17) is 4.52 Å². The molecule has 0 aliphatic rings. The van der Waals surface area contributed by atoms with E-state index in [1.807, 2.05) is 76.2 Å². The van der Waals surface area contributed by atoms with Gasteiger partial charge in [-0.2, -0.15) is 0 Å². The Bertz CT molecular complexity index is 1030. The topological polar surface area (TPSA) is 84.2 Å². The van der Waals surface area contributed by atoms with Gasteiger partial charge in [0.1, 0.15) is 6.04 Å². The van der Waals surface area contributed by atoms with Crippen LogP contribution in [0.2, 0.25) is 0 Å². The van der Waals surface area contributed by atoms with Gasteiger partial charge in [0.15, 0.2) is 11.5 Å². The molecule has 156 valence electrons. The highest BCUT2D eigenvalue weighted by molar-refractivity contribution is 5.96. The van der Waals surface area contributed by atoms with Gasteiger partial charge in [-0.15, -0.1) is 0 Å². The van der Waals surface area contributed by atoms with Crippen LogP contribution in [0.4, 0.5) is 0 Å². The molecule has 0 aliphatic carbocycles. The molecular formula is C24H27N3O3. The molecule has 2 N–H and O–H groups in total. The molecule has 2 amide bonds. The van der Waals surface area contributed by atoms with Crippen LogP contribution in [0.25, 0.3) is 11.3 Å². The molecule has 1 aromatic heterocycles. The summed E-state index contributed by atoms with van der Waals surface area (Å²) in [5, 5.41) is 9.57. The van der Waals surface area contributed by atoms with Crippen LogP contribution in [0.3, 0.4) is 0 Å². The maximum atomic E-state index is 12.8. The molecule has 0 aliphatic heterocycles. The van der Waals surface area contributed by atoms with Crippen molar-refractivity contribution in [2.45, 2.75) is 46.2 Å². The average molecular weight is 405 g/mol. The molecule has 0 spiro atoms. The highest BCUT2D eigenvalue weighted by Gasteiger charge is 2.24. The van der Waals surface area contributed by atoms with Crippen molar-refractivity contribution in [3.8, 4) is 11.3 Å². The molecule has 30 heavy (non-hydrogen) atoms. The van der Waals surface area contributed by atoms with Gasteiger partial charge in [-0.1, -0.05) is 47.6 Å². The van der Waals surface area contributed by atoms with Gasteiger partial charge in [0.05, 0.1) is 0 Å². The smallest absolute Gasteiger partial charge is 0.274 e. The van der Waals surface area contributed by atoms with Crippen LogP contribution in [-0.4, -0.2) is 29.1 Å². The van der Waals surface area contributed by atoms with Crippen molar-refractivity contribution in [1.82, 2.24) is 15.8 Å². The Kier molecular flexibility index (Phi) is 6.67. The number of hydrogen-bond donors (Lipinski definition) is 2. The van der Waals surface area contributed by atoms with Gasteiger partial charge in [0.25, 0.3) is 5.91 Å². The summed E-state index contributed by atoms with van der Waals surface area (Å²) in [4.78, 5) is 25.4. The summed E-state index contributed by atoms with van der Waals surface area (Å²) in [5.41, 5.74) is 4.25. The monoisotopic (exact) mass is 405 g/mol. The zero-order valence-electron chi connectivity index (χ0n) is 17.7. The lowest BCUT2D eigenvalue weighted by molar-refractivity contribution is -0.123. The lowest BCUT2D eigenvalue weighted by Crippen LogP contribution is -2.49. The Balaban J connectivity index is 1.77. The van der Waals surface area contributed by atoms with Gasteiger partial charge in [0.2, 0.25) is 5.91 Å². The van der Waals surface area contributed by atoms with Crippen LogP contribution in [0.5, 0.6) is 0 Å². The minimum absolute atomic E-state index is 0.0314. The van der Waals surface area contributed by atoms with Crippen molar-refractivity contribution < 1.29 is 14.1 Å². The standard InChI is InChI=1S/C24H27N3O3/c1-15(2)25-23(28)20(13-18-8-6-5-7-9-18)26-24(29)21-14-22(30-27-21)19-11-10-16(3)17(4)12-19/h5-12,14-15,20H,13H2,1-4H3,(H,25,28)(H,26,29)/t20-/m0/s1. The number of aryl methyl sites for hydroxylation is 2. The summed E-state index contributed by atoms with van der Waals surface area (Å²) >= 11 is 0. The second-order valence-corrected chi connectivity index (χ2v) is 7.75. The van der Waals surface area contributed by atoms with Gasteiger partial charge in [0, 0.05) is 24.1 Å². The van der Waals surface area contributed by atoms with E-state index < -0.39 is 11.9 Å². The zero-order chi connectivity index (χ0) is 21.7. The van der Waals surface area contributed by atoms with Crippen molar-refractivity contribution in [2.24, 2.45) is 0 Å². The van der Waals surface area contributed by atoms with E-state index >= 15 is 0 Å². The third kappa shape index (κ3) is 5.35. The number of aromatic nitrogens is 1. The molecule has 3 aromatic rings. The molecule has 0 radical (unpaired) electrons. The first-order chi connectivity index (χ1) is 14.3. The van der Waals surface area contributed by atoms with Crippen LogP contribution in [-0.2, 0) is 11.2 Å². The van der Waals surface area contributed by atoms with E-state index in [9.17, 15) is 9.59 Å². The van der Waals surface area contributed by atoms with Gasteiger partial charge >= 0.3 is 0 Å². The molecule has 6 nitrogen and oxygen atoms in total. The SMILES string of the molecule is Cc1ccc(-c2cc(C(=O)N[C@@H](Cc3ccccc3)C(=O)NC(C)C)no2)cc1C. The van der Waals surface area contributed by atoms with Gasteiger partial charge in [-0.25, -0.2) is 0 Å². The van der Waals surface area contributed by atoms with Crippen LogP contribution < -0.4 is 10.6 Å². The molecule has 1 atom stereocenters. The largest absolute Gasteiger partial charge is 0.355 e. The van der Waals surface area contributed by atoms with Crippen molar-refractivity contribution in [1.29, 1.82) is 0 Å². The Morgan fingerprint density at radius 2 is 1.70 bits per heavy atom. The van der Waals surface area contributed by atoms with E-state index in [-0.39, 0.29) is 17.6 Å². The highest BCUT2D eigenvalue weighted by Crippen LogP contribution is 2.23. The second-order valence-electron chi connectivity index (χ2n) is 7.75. The van der Waals surface area contributed by atoms with Crippen molar-refractivity contribution in [3.05, 3.63) is 77.0 Å². The van der Waals surface area contributed by atoms with Gasteiger partial charge in [-0.3, -0.25) is 9.59 Å². The molecule has 0 saturated carbocycles. The first-order valence-corrected chi connectivity index (χ1v) is 10.0. The number of amides is 2. The van der Waals surface area contributed by atoms with E-state index in [1.165, 1.54) is 5.56 Å². The quantitative estimate of drug-likeness (QED) is 0.626. The first kappa shape index (κ1) is 21.3. The molecule has 6 heteroatoms. The van der Waals surface area contributed by atoms with Crippen LogP contribution in [0.1, 0.15) is 41.0 Å². The molecule has 1 heterocycles. The third-order valence-electron chi connectivity index (χ3n) is 4.87. The summed E-state index contributed by atoms with van der Waals surface area (Å²) in [7, 11) is 0. The predicted molar refractivity (Wildman–Crippen MR) is 116 cm³/mol. The normalized spacial score (nSPS) is 11.9. The Morgan fingerprint density at radius 3 is 2.37 bits per heavy atom. The number of nitrogens with zero attached hydrogens (tertiary/aromatic N) is 1. The minimum Gasteiger partial charge on any atom is -0.355 e. The third-order valence-corrected chi connectivity index (χ3v) is 4.87. The summed E-state index contributed by atoms with van der Waals surface area (Å²) in [6, 6.07) is 16.3. The summed E-state index contributed by atoms with van der Waals surface area (Å²) in [5.74, 6) is -0.178. The minimum atomic E-state index is -0.718. The first-order valence-electron chi connectivity index (χ1n) is 10.0. The molecule has 0 unspecified atom stereocenters. The molecule has 0 bridgehead atoms. The fraction of sp³-hybridized carbons (Fsp3) is 0.292. The highest BCUT2D eigenvalue weighted by atomic mass is 16.5. The average Bonchev–Trinajstić information content (AvgIpc) is 3.20. The Labute approximate surface area is 176 Å². The maximum Gasteiger partial charge on any atom is 0.274 e. The fourth-order valence-corrected chi connectivity index (χ4v) is 3.09. The van der Waals surface area contributed by atoms with Gasteiger partial charge in [-0.05, 0) is 50.5 Å². The predicted octanol–water partition coefficient (Wildman–Crippen LogP) is 3.82. The number of hydrogen-bond acceptors (Lipinski definition) is 4. The van der Waals surface area contributed by atoms with Crippen LogP contribution >= 0.6 is 0 Å². The van der Waals surface area contributed by atoms with E-state index in [2.05, 4.69) is 15.8 Å². The lowest BCUT2D eigenvalue weighted by Gasteiger charge is -2.19. The van der Waals surface area contributed by atoms with Crippen LogP contribution in [0, 0.1) is 13.8 Å². The summed E-state index contributed by atoms with van der Waals surface area (Å²) < 4.78 is 5.38. The second kappa shape index (κ2) is 9.39. The van der Waals surface area contributed by atoms with Crippen molar-refractivity contribution >= 4 is 11.8 Å². The lowest BCUT2D eigenvalue weighted by atomic mass is 10.0. The maximum absolute atomic E-state index is 12.8. The van der Waals surface area contributed by atoms with Gasteiger partial charge < -0.3 is 15.2 Å². The number of carbonyl (C=O) groups excluding carboxylic acids is 2.